The van der Waals surface area contributed by atoms with E-state index in [-0.39, 0.29) is 23.8 Å². The number of rotatable bonds is 3. The lowest BCUT2D eigenvalue weighted by atomic mass is 9.88. The number of nitrogens with one attached hydrogen (secondary N) is 3. The molecule has 0 aliphatic carbocycles. The van der Waals surface area contributed by atoms with Gasteiger partial charge in [-0.3, -0.25) is 14.9 Å². The Labute approximate surface area is 231 Å². The zero-order chi connectivity index (χ0) is 27.4. The van der Waals surface area contributed by atoms with E-state index in [2.05, 4.69) is 25.3 Å². The van der Waals surface area contributed by atoms with Crippen LogP contribution in [0.2, 0.25) is 5.02 Å². The minimum Gasteiger partial charge on any atom is -0.453 e. The van der Waals surface area contributed by atoms with Gasteiger partial charge in [-0.1, -0.05) is 35.9 Å². The Morgan fingerprint density at radius 1 is 1.18 bits per heavy atom. The molecule has 1 unspecified atom stereocenters. The molecule has 0 radical (unpaired) electrons. The smallest absolute Gasteiger partial charge is 0.411 e. The minimum absolute atomic E-state index is 0.0719. The quantitative estimate of drug-likeness (QED) is 0.346. The van der Waals surface area contributed by atoms with E-state index in [1.54, 1.807) is 24.4 Å². The zero-order valence-corrected chi connectivity index (χ0v) is 22.3. The van der Waals surface area contributed by atoms with Gasteiger partial charge in [0.15, 0.2) is 0 Å². The molecule has 2 bridgehead atoms. The van der Waals surface area contributed by atoms with Crippen LogP contribution < -0.4 is 10.6 Å². The molecule has 0 spiro atoms. The number of imidazole rings is 1. The molecular formula is C29H30ClN5O4. The highest BCUT2D eigenvalue weighted by atomic mass is 35.5. The van der Waals surface area contributed by atoms with Crippen LogP contribution in [0, 0.1) is 0 Å². The van der Waals surface area contributed by atoms with Crippen LogP contribution in [0.4, 0.5) is 16.2 Å². The topological polar surface area (TPSA) is 116 Å². The van der Waals surface area contributed by atoms with Crippen molar-refractivity contribution in [1.82, 2.24) is 14.9 Å². The molecule has 9 nitrogen and oxygen atoms in total. The van der Waals surface area contributed by atoms with Crippen LogP contribution in [0.1, 0.15) is 55.5 Å². The van der Waals surface area contributed by atoms with E-state index in [1.165, 1.54) is 7.11 Å². The number of likely N-dealkylation sites (tertiary alicyclic amines) is 1. The monoisotopic (exact) mass is 547 g/mol. The van der Waals surface area contributed by atoms with Gasteiger partial charge < -0.3 is 19.9 Å². The van der Waals surface area contributed by atoms with Crippen molar-refractivity contribution < 1.29 is 19.1 Å². The lowest BCUT2D eigenvalue weighted by Gasteiger charge is -2.36. The van der Waals surface area contributed by atoms with Crippen molar-refractivity contribution in [2.75, 3.05) is 24.3 Å². The van der Waals surface area contributed by atoms with Gasteiger partial charge in [0.25, 0.3) is 0 Å². The summed E-state index contributed by atoms with van der Waals surface area (Å²) in [5.74, 6) is 0.728. The van der Waals surface area contributed by atoms with Crippen LogP contribution >= 0.6 is 11.6 Å². The second-order valence-corrected chi connectivity index (χ2v) is 10.1. The van der Waals surface area contributed by atoms with Crippen molar-refractivity contribution >= 4 is 40.9 Å². The summed E-state index contributed by atoms with van der Waals surface area (Å²) in [4.78, 5) is 47.8. The largest absolute Gasteiger partial charge is 0.453 e. The third-order valence-corrected chi connectivity index (χ3v) is 7.38. The van der Waals surface area contributed by atoms with E-state index in [0.29, 0.717) is 60.1 Å². The third kappa shape index (κ3) is 6.15. The number of aromatic amines is 1. The Balaban J connectivity index is 1.43. The van der Waals surface area contributed by atoms with Crippen molar-refractivity contribution in [1.29, 1.82) is 0 Å². The Bertz CT molecular complexity index is 1420. The van der Waals surface area contributed by atoms with Crippen LogP contribution in [-0.2, 0) is 14.3 Å². The summed E-state index contributed by atoms with van der Waals surface area (Å²) >= 11 is 6.19. The van der Waals surface area contributed by atoms with Crippen LogP contribution in [-0.4, -0.2) is 46.4 Å². The maximum atomic E-state index is 13.4. The van der Waals surface area contributed by atoms with E-state index in [9.17, 15) is 14.4 Å². The van der Waals surface area contributed by atoms with Crippen molar-refractivity contribution in [3.05, 3.63) is 77.2 Å². The summed E-state index contributed by atoms with van der Waals surface area (Å²) in [6.07, 6.45) is 7.76. The Morgan fingerprint density at radius 3 is 2.85 bits per heavy atom. The predicted octanol–water partition coefficient (Wildman–Crippen LogP) is 6.03. The molecule has 1 aromatic heterocycles. The maximum Gasteiger partial charge on any atom is 0.411 e. The SMILES string of the molecule is COC(=O)Nc1ccc2c(c1)NC(=O)CC/C=C\C[C@H](N1CCC(c3cccc(Cl)c3)CC1=O)c1ncc-2[nH]1. The number of anilines is 2. The van der Waals surface area contributed by atoms with E-state index in [1.807, 2.05) is 41.3 Å². The number of hydrogen-bond donors (Lipinski definition) is 3. The van der Waals surface area contributed by atoms with Crippen molar-refractivity contribution in [2.45, 2.75) is 44.1 Å². The van der Waals surface area contributed by atoms with Crippen LogP contribution in [0.15, 0.2) is 60.8 Å². The van der Waals surface area contributed by atoms with Gasteiger partial charge in [-0.15, -0.1) is 0 Å². The maximum absolute atomic E-state index is 13.4. The molecular weight excluding hydrogens is 518 g/mol. The molecule has 2 atom stereocenters. The van der Waals surface area contributed by atoms with Gasteiger partial charge in [-0.2, -0.15) is 0 Å². The molecule has 3 aromatic rings. The lowest BCUT2D eigenvalue weighted by Crippen LogP contribution is -2.41. The fourth-order valence-electron chi connectivity index (χ4n) is 5.15. The fourth-order valence-corrected chi connectivity index (χ4v) is 5.35. The number of carbonyl (C=O) groups is 3. The van der Waals surface area contributed by atoms with Gasteiger partial charge >= 0.3 is 6.09 Å². The molecule has 2 aliphatic rings. The molecule has 2 aliphatic heterocycles. The second kappa shape index (κ2) is 11.7. The number of benzene rings is 2. The first kappa shape index (κ1) is 26.5. The number of amides is 3. The zero-order valence-electron chi connectivity index (χ0n) is 21.6. The summed E-state index contributed by atoms with van der Waals surface area (Å²) < 4.78 is 4.68. The number of methoxy groups -OCH3 is 1. The summed E-state index contributed by atoms with van der Waals surface area (Å²) in [5, 5.41) is 6.25. The number of nitrogens with zero attached hydrogens (tertiary/aromatic N) is 2. The van der Waals surface area contributed by atoms with Gasteiger partial charge in [0.1, 0.15) is 5.82 Å². The highest BCUT2D eigenvalue weighted by Gasteiger charge is 2.33. The van der Waals surface area contributed by atoms with Crippen molar-refractivity contribution in [3.63, 3.8) is 0 Å². The Morgan fingerprint density at radius 2 is 2.05 bits per heavy atom. The number of ether oxygens (including phenoxy) is 1. The first-order valence-corrected chi connectivity index (χ1v) is 13.3. The normalized spacial score (nSPS) is 20.5. The molecule has 10 heteroatoms. The number of H-pyrrole nitrogens is 1. The number of fused-ring (bicyclic) bond motifs is 4. The van der Waals surface area contributed by atoms with Crippen LogP contribution in [0.25, 0.3) is 11.3 Å². The first-order chi connectivity index (χ1) is 18.9. The summed E-state index contributed by atoms with van der Waals surface area (Å²) in [6, 6.07) is 12.7. The number of carbonyl (C=O) groups excluding carboxylic acids is 3. The highest BCUT2D eigenvalue weighted by molar-refractivity contribution is 6.30. The Kier molecular flexibility index (Phi) is 7.97. The average molecular weight is 548 g/mol. The number of aromatic nitrogens is 2. The van der Waals surface area contributed by atoms with Gasteiger partial charge in [0, 0.05) is 35.7 Å². The van der Waals surface area contributed by atoms with Crippen LogP contribution in [0.5, 0.6) is 0 Å². The second-order valence-electron chi connectivity index (χ2n) is 9.70. The number of halogens is 1. The lowest BCUT2D eigenvalue weighted by molar-refractivity contribution is -0.136. The van der Waals surface area contributed by atoms with Gasteiger partial charge in [0.05, 0.1) is 30.7 Å². The molecule has 1 saturated heterocycles. The minimum atomic E-state index is -0.605. The fraction of sp³-hybridized carbons (Fsp3) is 0.310. The Hall–Kier alpha value is -4.11. The average Bonchev–Trinajstić information content (AvgIpc) is 3.40. The molecule has 5 rings (SSSR count). The summed E-state index contributed by atoms with van der Waals surface area (Å²) in [7, 11) is 1.29. The van der Waals surface area contributed by atoms with Crippen molar-refractivity contribution in [3.8, 4) is 11.3 Å². The van der Waals surface area contributed by atoms with Crippen LogP contribution in [0.3, 0.4) is 0 Å². The van der Waals surface area contributed by atoms with Gasteiger partial charge in [-0.05, 0) is 61.1 Å². The third-order valence-electron chi connectivity index (χ3n) is 7.15. The molecule has 3 amide bonds. The van der Waals surface area contributed by atoms with Gasteiger partial charge in [-0.25, -0.2) is 9.78 Å². The molecule has 1 fully saturated rings. The summed E-state index contributed by atoms with van der Waals surface area (Å²) in [6.45, 7) is 0.601. The molecule has 3 N–H and O–H groups in total. The number of hydrogen-bond acceptors (Lipinski definition) is 5. The van der Waals surface area contributed by atoms with E-state index >= 15 is 0 Å². The van der Waals surface area contributed by atoms with Gasteiger partial charge in [0.2, 0.25) is 11.8 Å². The standard InChI is InChI=1S/C29H30ClN5O4/c1-39-29(38)32-21-10-11-22-23(16-21)33-26(36)9-4-2-3-8-25(28-31-17-24(22)34-28)35-13-12-19(15-27(35)37)18-6-5-7-20(30)14-18/h2-3,5-7,10-11,14,16-17,19,25H,4,8-9,12-13,15H2,1H3,(H,31,34)(H,32,38)(H,33,36)/b3-2-/t19?,25-/m0/s1. The summed E-state index contributed by atoms with van der Waals surface area (Å²) in [5.41, 5.74) is 3.51. The van der Waals surface area contributed by atoms with E-state index < -0.39 is 6.09 Å². The predicted molar refractivity (Wildman–Crippen MR) is 150 cm³/mol. The van der Waals surface area contributed by atoms with E-state index in [4.69, 9.17) is 11.6 Å². The number of allylic oxidation sites excluding steroid dienone is 1. The molecule has 3 heterocycles. The molecule has 2 aromatic carbocycles. The highest BCUT2D eigenvalue weighted by Crippen LogP contribution is 2.36. The van der Waals surface area contributed by atoms with E-state index in [0.717, 1.165) is 17.5 Å². The number of piperidine rings is 1. The molecule has 202 valence electrons. The molecule has 0 saturated carbocycles. The van der Waals surface area contributed by atoms with Crippen molar-refractivity contribution in [2.24, 2.45) is 0 Å². The molecule has 39 heavy (non-hydrogen) atoms. The first-order valence-electron chi connectivity index (χ1n) is 13.0.